The van der Waals surface area contributed by atoms with Gasteiger partial charge in [0.1, 0.15) is 0 Å². The molecule has 0 amide bonds. The van der Waals surface area contributed by atoms with Crippen LogP contribution >= 0.6 is 0 Å². The summed E-state index contributed by atoms with van der Waals surface area (Å²) in [7, 11) is 0. The van der Waals surface area contributed by atoms with Crippen molar-refractivity contribution >= 4 is 0 Å². The van der Waals surface area contributed by atoms with E-state index in [1.807, 2.05) is 0 Å². The highest BCUT2D eigenvalue weighted by Gasteiger charge is 2.32. The lowest BCUT2D eigenvalue weighted by atomic mass is 9.97. The van der Waals surface area contributed by atoms with Crippen LogP contribution < -0.4 is 5.32 Å². The van der Waals surface area contributed by atoms with Crippen LogP contribution in [0.1, 0.15) is 58.3 Å². The van der Waals surface area contributed by atoms with Crippen molar-refractivity contribution in [2.24, 2.45) is 0 Å². The molecule has 2 saturated heterocycles. The molecule has 3 fully saturated rings. The Labute approximate surface area is 125 Å². The van der Waals surface area contributed by atoms with Crippen molar-refractivity contribution in [3.63, 3.8) is 0 Å². The van der Waals surface area contributed by atoms with Crippen molar-refractivity contribution < 1.29 is 0 Å². The maximum absolute atomic E-state index is 3.62. The van der Waals surface area contributed by atoms with Crippen molar-refractivity contribution in [1.82, 2.24) is 15.1 Å². The molecule has 2 heterocycles. The molecular weight excluding hydrogens is 246 g/mol. The average molecular weight is 279 g/mol. The minimum Gasteiger partial charge on any atom is -0.314 e. The van der Waals surface area contributed by atoms with Gasteiger partial charge in [-0.2, -0.15) is 0 Å². The number of nitrogens with zero attached hydrogens (tertiary/aromatic N) is 2. The molecule has 3 rings (SSSR count). The molecule has 2 aliphatic heterocycles. The van der Waals surface area contributed by atoms with Crippen LogP contribution in [0.25, 0.3) is 0 Å². The third kappa shape index (κ3) is 4.19. The van der Waals surface area contributed by atoms with Crippen LogP contribution in [0, 0.1) is 0 Å². The summed E-state index contributed by atoms with van der Waals surface area (Å²) in [5.74, 6) is 0. The first-order chi connectivity index (χ1) is 9.83. The first-order valence-electron chi connectivity index (χ1n) is 9.04. The lowest BCUT2D eigenvalue weighted by Crippen LogP contribution is -2.58. The van der Waals surface area contributed by atoms with Crippen molar-refractivity contribution in [3.05, 3.63) is 0 Å². The third-order valence-corrected chi connectivity index (χ3v) is 5.45. The molecule has 1 N–H and O–H groups in total. The molecule has 2 unspecified atom stereocenters. The van der Waals surface area contributed by atoms with E-state index in [0.717, 1.165) is 18.1 Å². The number of unbranched alkanes of at least 4 members (excludes halogenated alkanes) is 2. The maximum Gasteiger partial charge on any atom is 0.0223 e. The smallest absolute Gasteiger partial charge is 0.0223 e. The van der Waals surface area contributed by atoms with Gasteiger partial charge in [-0.1, -0.05) is 12.8 Å². The second kappa shape index (κ2) is 7.24. The van der Waals surface area contributed by atoms with Crippen molar-refractivity contribution in [1.29, 1.82) is 0 Å². The predicted molar refractivity (Wildman–Crippen MR) is 85.1 cm³/mol. The van der Waals surface area contributed by atoms with E-state index in [0.29, 0.717) is 0 Å². The summed E-state index contributed by atoms with van der Waals surface area (Å²) in [6.07, 6.45) is 11.3. The van der Waals surface area contributed by atoms with Gasteiger partial charge in [-0.05, 0) is 65.1 Å². The average Bonchev–Trinajstić information content (AvgIpc) is 3.27. The van der Waals surface area contributed by atoms with Crippen molar-refractivity contribution in [2.45, 2.75) is 76.4 Å². The topological polar surface area (TPSA) is 18.5 Å². The Balaban J connectivity index is 1.30. The number of nitrogens with one attached hydrogen (secondary N) is 1. The van der Waals surface area contributed by atoms with Crippen LogP contribution in [0.3, 0.4) is 0 Å². The molecule has 0 bridgehead atoms. The molecule has 20 heavy (non-hydrogen) atoms. The quantitative estimate of drug-likeness (QED) is 0.722. The molecule has 3 aliphatic rings. The van der Waals surface area contributed by atoms with Crippen LogP contribution in [-0.2, 0) is 0 Å². The molecule has 116 valence electrons. The molecule has 3 nitrogen and oxygen atoms in total. The molecule has 3 heteroatoms. The van der Waals surface area contributed by atoms with Gasteiger partial charge >= 0.3 is 0 Å². The van der Waals surface area contributed by atoms with Crippen LogP contribution in [-0.4, -0.2) is 60.6 Å². The predicted octanol–water partition coefficient (Wildman–Crippen LogP) is 2.47. The fraction of sp³-hybridized carbons (Fsp3) is 1.00. The van der Waals surface area contributed by atoms with E-state index >= 15 is 0 Å². The largest absolute Gasteiger partial charge is 0.314 e. The second-order valence-corrected chi connectivity index (χ2v) is 7.28. The number of hydrogen-bond donors (Lipinski definition) is 1. The Morgan fingerprint density at radius 2 is 1.90 bits per heavy atom. The maximum atomic E-state index is 3.62. The van der Waals surface area contributed by atoms with Gasteiger partial charge in [-0.15, -0.1) is 0 Å². The molecule has 0 aromatic heterocycles. The Morgan fingerprint density at radius 3 is 2.75 bits per heavy atom. The zero-order valence-corrected chi connectivity index (χ0v) is 13.3. The second-order valence-electron chi connectivity index (χ2n) is 7.28. The van der Waals surface area contributed by atoms with Gasteiger partial charge in [0.2, 0.25) is 0 Å². The minimum absolute atomic E-state index is 0.772. The van der Waals surface area contributed by atoms with Gasteiger partial charge < -0.3 is 5.32 Å². The van der Waals surface area contributed by atoms with E-state index < -0.39 is 0 Å². The molecule has 0 spiro atoms. The molecular formula is C17H33N3. The van der Waals surface area contributed by atoms with Gasteiger partial charge in [0.25, 0.3) is 0 Å². The molecule has 0 aromatic rings. The van der Waals surface area contributed by atoms with Crippen LogP contribution in [0.2, 0.25) is 0 Å². The number of rotatable bonds is 7. The summed E-state index contributed by atoms with van der Waals surface area (Å²) in [5.41, 5.74) is 0. The highest BCUT2D eigenvalue weighted by Crippen LogP contribution is 2.24. The van der Waals surface area contributed by atoms with E-state index in [1.54, 1.807) is 0 Å². The Morgan fingerprint density at radius 1 is 1.00 bits per heavy atom. The first-order valence-corrected chi connectivity index (χ1v) is 9.04. The number of piperidine rings is 1. The van der Waals surface area contributed by atoms with Gasteiger partial charge in [-0.3, -0.25) is 9.80 Å². The van der Waals surface area contributed by atoms with Gasteiger partial charge in [-0.25, -0.2) is 0 Å². The van der Waals surface area contributed by atoms with Crippen LogP contribution in [0.15, 0.2) is 0 Å². The third-order valence-electron chi connectivity index (χ3n) is 5.45. The summed E-state index contributed by atoms with van der Waals surface area (Å²) in [6.45, 7) is 9.01. The Bertz CT molecular complexity index is 290. The van der Waals surface area contributed by atoms with E-state index in [1.165, 1.54) is 84.1 Å². The standard InChI is InChI=1S/C17H33N3/c1-15-13-20-12-6-3-7-17(20)14-19(15)11-5-2-4-10-18-16-8-9-16/h15-18H,2-14H2,1H3. The number of hydrogen-bond acceptors (Lipinski definition) is 3. The van der Waals surface area contributed by atoms with E-state index in [2.05, 4.69) is 22.0 Å². The summed E-state index contributed by atoms with van der Waals surface area (Å²) < 4.78 is 0. The Hall–Kier alpha value is -0.120. The first kappa shape index (κ1) is 14.8. The monoisotopic (exact) mass is 279 g/mol. The number of piperazine rings is 1. The van der Waals surface area contributed by atoms with E-state index in [-0.39, 0.29) is 0 Å². The highest BCUT2D eigenvalue weighted by atomic mass is 15.3. The van der Waals surface area contributed by atoms with Gasteiger partial charge in [0, 0.05) is 31.2 Å². The highest BCUT2D eigenvalue weighted by molar-refractivity contribution is 4.89. The molecule has 0 radical (unpaired) electrons. The lowest BCUT2D eigenvalue weighted by Gasteiger charge is -2.47. The summed E-state index contributed by atoms with van der Waals surface area (Å²) in [4.78, 5) is 5.52. The SMILES string of the molecule is CC1CN2CCCCC2CN1CCCCCNC1CC1. The number of fused-ring (bicyclic) bond motifs is 1. The minimum atomic E-state index is 0.772. The van der Waals surface area contributed by atoms with E-state index in [9.17, 15) is 0 Å². The summed E-state index contributed by atoms with van der Waals surface area (Å²) in [6, 6.07) is 2.53. The fourth-order valence-corrected chi connectivity index (χ4v) is 3.93. The fourth-order valence-electron chi connectivity index (χ4n) is 3.93. The van der Waals surface area contributed by atoms with Crippen molar-refractivity contribution in [2.75, 3.05) is 32.7 Å². The van der Waals surface area contributed by atoms with Crippen LogP contribution in [0.5, 0.6) is 0 Å². The molecule has 0 aromatic carbocycles. The zero-order valence-electron chi connectivity index (χ0n) is 13.3. The summed E-state index contributed by atoms with van der Waals surface area (Å²) >= 11 is 0. The molecule has 2 atom stereocenters. The van der Waals surface area contributed by atoms with Crippen molar-refractivity contribution in [3.8, 4) is 0 Å². The van der Waals surface area contributed by atoms with E-state index in [4.69, 9.17) is 0 Å². The molecule has 1 aliphatic carbocycles. The summed E-state index contributed by atoms with van der Waals surface area (Å²) in [5, 5.41) is 3.62. The molecule has 1 saturated carbocycles. The zero-order chi connectivity index (χ0) is 13.8. The Kier molecular flexibility index (Phi) is 5.36. The van der Waals surface area contributed by atoms with Gasteiger partial charge in [0.15, 0.2) is 0 Å². The van der Waals surface area contributed by atoms with Crippen LogP contribution in [0.4, 0.5) is 0 Å². The normalized spacial score (nSPS) is 32.2. The van der Waals surface area contributed by atoms with Gasteiger partial charge in [0.05, 0.1) is 0 Å². The lowest BCUT2D eigenvalue weighted by molar-refractivity contribution is 0.0146.